The maximum absolute atomic E-state index is 4.40. The Bertz CT molecular complexity index is 1800. The molecule has 1 N–H and O–H groups in total. The van der Waals surface area contributed by atoms with Crippen LogP contribution in [0, 0.1) is 33.1 Å². The number of aromatic amines is 1. The number of thiazole rings is 2. The fraction of sp³-hybridized carbons (Fsp3) is 0.638. The maximum Gasteiger partial charge on any atom is 0.105 e. The van der Waals surface area contributed by atoms with Crippen LogP contribution in [-0.2, 0) is 41.2 Å². The largest absolute Gasteiger partial charge is 0.335 e. The summed E-state index contributed by atoms with van der Waals surface area (Å²) in [5.41, 5.74) is 10.8. The summed E-state index contributed by atoms with van der Waals surface area (Å²) in [4.78, 5) is 14.0. The Kier molecular flexibility index (Phi) is 20.3. The smallest absolute Gasteiger partial charge is 0.105 e. The quantitative estimate of drug-likeness (QED) is 0.157. The summed E-state index contributed by atoms with van der Waals surface area (Å²) in [7, 11) is 4.06. The molecule has 0 atom stereocenters. The molecule has 0 aliphatic heterocycles. The highest BCUT2D eigenvalue weighted by Crippen LogP contribution is 2.28. The molecule has 8 nitrogen and oxygen atoms in total. The van der Waals surface area contributed by atoms with Gasteiger partial charge in [0, 0.05) is 81.8 Å². The summed E-state index contributed by atoms with van der Waals surface area (Å²) < 4.78 is 4.09. The molecule has 10 heteroatoms. The zero-order chi connectivity index (χ0) is 45.0. The third-order valence-corrected chi connectivity index (χ3v) is 10.7. The van der Waals surface area contributed by atoms with Crippen LogP contribution in [0.4, 0.5) is 0 Å². The maximum atomic E-state index is 4.40. The molecule has 57 heavy (non-hydrogen) atoms. The lowest BCUT2D eigenvalue weighted by Gasteiger charge is -2.19. The minimum atomic E-state index is 0.204. The zero-order valence-electron chi connectivity index (χ0n) is 40.7. The SMILES string of the molecule is C=CC(C)(C)C.CC(C)(C)c1ccn[nH]1.CC(C)(C)c1cncs1.Cc1nc(C(C)(C)C)cs1.Cc1ncc(C(C)(C)C)n1C.Cc1nn(C)c(C)c1C(C)(C)C. The first-order valence-electron chi connectivity index (χ1n) is 20.0. The molecule has 5 rings (SSSR count). The van der Waals surface area contributed by atoms with Crippen LogP contribution >= 0.6 is 22.7 Å². The van der Waals surface area contributed by atoms with Crippen LogP contribution in [0.5, 0.6) is 0 Å². The molecular weight excluding hydrogens is 741 g/mol. The Labute approximate surface area is 357 Å². The lowest BCUT2D eigenvalue weighted by Crippen LogP contribution is -2.16. The van der Waals surface area contributed by atoms with Crippen molar-refractivity contribution in [1.82, 2.24) is 39.5 Å². The first-order chi connectivity index (χ1) is 25.5. The molecule has 0 aliphatic rings. The third-order valence-electron chi connectivity index (χ3n) is 8.73. The average molecular weight is 823 g/mol. The van der Waals surface area contributed by atoms with Crippen molar-refractivity contribution in [2.24, 2.45) is 19.5 Å². The van der Waals surface area contributed by atoms with Gasteiger partial charge in [-0.3, -0.25) is 14.8 Å². The van der Waals surface area contributed by atoms with Gasteiger partial charge < -0.3 is 4.57 Å². The Morgan fingerprint density at radius 3 is 1.42 bits per heavy atom. The van der Waals surface area contributed by atoms with E-state index in [-0.39, 0.29) is 27.1 Å². The van der Waals surface area contributed by atoms with Crippen molar-refractivity contribution >= 4 is 22.7 Å². The van der Waals surface area contributed by atoms with Crippen molar-refractivity contribution in [2.45, 2.75) is 179 Å². The Morgan fingerprint density at radius 1 is 0.702 bits per heavy atom. The van der Waals surface area contributed by atoms with E-state index in [1.54, 1.807) is 28.9 Å². The average Bonchev–Trinajstić information content (AvgIpc) is 3.86. The molecule has 0 radical (unpaired) electrons. The molecule has 0 saturated heterocycles. The van der Waals surface area contributed by atoms with E-state index in [1.165, 1.54) is 33.2 Å². The number of imidazole rings is 1. The van der Waals surface area contributed by atoms with Gasteiger partial charge in [-0.05, 0) is 50.0 Å². The Morgan fingerprint density at radius 2 is 1.25 bits per heavy atom. The summed E-state index contributed by atoms with van der Waals surface area (Å²) in [6.07, 6.45) is 7.60. The molecule has 0 spiro atoms. The third kappa shape index (κ3) is 20.2. The molecule has 0 aromatic carbocycles. The highest BCUT2D eigenvalue weighted by molar-refractivity contribution is 7.09. The summed E-state index contributed by atoms with van der Waals surface area (Å²) >= 11 is 3.44. The molecule has 0 bridgehead atoms. The summed E-state index contributed by atoms with van der Waals surface area (Å²) in [5.74, 6) is 1.08. The molecule has 5 aromatic rings. The molecule has 322 valence electrons. The number of aromatic nitrogens is 8. The number of aryl methyl sites for hydroxylation is 4. The number of rotatable bonds is 0. The van der Waals surface area contributed by atoms with Crippen LogP contribution in [0.3, 0.4) is 0 Å². The summed E-state index contributed by atoms with van der Waals surface area (Å²) in [6, 6.07) is 2.00. The fourth-order valence-electron chi connectivity index (χ4n) is 5.03. The van der Waals surface area contributed by atoms with E-state index in [4.69, 9.17) is 0 Å². The summed E-state index contributed by atoms with van der Waals surface area (Å²) in [5, 5.41) is 14.5. The zero-order valence-corrected chi connectivity index (χ0v) is 42.3. The van der Waals surface area contributed by atoms with Crippen LogP contribution in [0.25, 0.3) is 0 Å². The second-order valence-corrected chi connectivity index (χ2v) is 22.8. The van der Waals surface area contributed by atoms with Gasteiger partial charge in [0.1, 0.15) is 5.82 Å². The minimum absolute atomic E-state index is 0.204. The van der Waals surface area contributed by atoms with Gasteiger partial charge in [-0.25, -0.2) is 9.97 Å². The van der Waals surface area contributed by atoms with Gasteiger partial charge in [0.15, 0.2) is 0 Å². The molecule has 5 aromatic heterocycles. The first-order valence-corrected chi connectivity index (χ1v) is 21.7. The topological polar surface area (TPSA) is 90.1 Å². The van der Waals surface area contributed by atoms with Crippen molar-refractivity contribution in [3.8, 4) is 0 Å². The van der Waals surface area contributed by atoms with Crippen molar-refractivity contribution in [3.05, 3.63) is 97.9 Å². The van der Waals surface area contributed by atoms with E-state index < -0.39 is 0 Å². The van der Waals surface area contributed by atoms with Crippen LogP contribution in [0.1, 0.15) is 174 Å². The number of H-pyrrole nitrogens is 1. The second-order valence-electron chi connectivity index (χ2n) is 20.8. The number of nitrogens with one attached hydrogen (secondary N) is 1. The van der Waals surface area contributed by atoms with Gasteiger partial charge in [0.25, 0.3) is 0 Å². The number of hydrogen-bond donors (Lipinski definition) is 1. The molecular formula is C47H82N8S2. The lowest BCUT2D eigenvalue weighted by molar-refractivity contribution is 0.539. The Hall–Kier alpha value is -3.37. The van der Waals surface area contributed by atoms with E-state index in [0.717, 1.165) is 16.5 Å². The number of nitrogens with zero attached hydrogens (tertiary/aromatic N) is 7. The standard InChI is InChI=1S/C10H18N2.C9H16N2.C8H13NS.C7H12N2.C7H11NS.C6H12/c1-7-9(10(3,4)5)8(2)12(6)11-7;1-7-10-6-8(11(7)5)9(2,3)4;1-6-9-7(5-10-6)8(2,3)4;1-7(2,3)6-4-5-8-9-6;1-7(2,3)6-4-8-5-9-6;1-5-6(2,3)4/h1-6H3;6H,1-5H3;5H,1-4H3;4-5H,1-3H3,(H,8,9);4-5H,1-3H3;5H,1H2,2-4H3. The highest BCUT2D eigenvalue weighted by Gasteiger charge is 2.22. The number of hydrogen-bond acceptors (Lipinski definition) is 7. The van der Waals surface area contributed by atoms with Crippen molar-refractivity contribution < 1.29 is 0 Å². The number of allylic oxidation sites excluding steroid dienone is 1. The molecule has 0 unspecified atom stereocenters. The van der Waals surface area contributed by atoms with Gasteiger partial charge in [-0.15, -0.1) is 29.3 Å². The normalized spacial score (nSPS) is 11.9. The van der Waals surface area contributed by atoms with Gasteiger partial charge in [0.2, 0.25) is 0 Å². The van der Waals surface area contributed by atoms with Crippen LogP contribution in [0.2, 0.25) is 0 Å². The van der Waals surface area contributed by atoms with Gasteiger partial charge in [0.05, 0.1) is 21.9 Å². The fourth-order valence-corrected chi connectivity index (χ4v) is 6.58. The van der Waals surface area contributed by atoms with Crippen LogP contribution < -0.4 is 0 Å². The van der Waals surface area contributed by atoms with E-state index in [1.807, 2.05) is 55.6 Å². The van der Waals surface area contributed by atoms with Crippen LogP contribution in [0.15, 0.2) is 48.2 Å². The predicted octanol–water partition coefficient (Wildman–Crippen LogP) is 13.5. The van der Waals surface area contributed by atoms with Crippen molar-refractivity contribution in [2.75, 3.05) is 0 Å². The highest BCUT2D eigenvalue weighted by atomic mass is 32.1. The van der Waals surface area contributed by atoms with Gasteiger partial charge in [-0.1, -0.05) is 131 Å². The summed E-state index contributed by atoms with van der Waals surface area (Å²) in [6.45, 7) is 51.1. The molecule has 5 heterocycles. The van der Waals surface area contributed by atoms with Crippen LogP contribution in [-0.4, -0.2) is 39.5 Å². The van der Waals surface area contributed by atoms with E-state index in [0.29, 0.717) is 5.41 Å². The minimum Gasteiger partial charge on any atom is -0.335 e. The molecule has 0 amide bonds. The van der Waals surface area contributed by atoms with Crippen molar-refractivity contribution in [1.29, 1.82) is 0 Å². The van der Waals surface area contributed by atoms with E-state index >= 15 is 0 Å². The first kappa shape index (κ1) is 53.6. The lowest BCUT2D eigenvalue weighted by atomic mass is 9.85. The molecule has 0 saturated carbocycles. The van der Waals surface area contributed by atoms with Gasteiger partial charge in [-0.2, -0.15) is 10.2 Å². The monoisotopic (exact) mass is 823 g/mol. The second kappa shape index (κ2) is 21.6. The molecule has 0 fully saturated rings. The van der Waals surface area contributed by atoms with Gasteiger partial charge >= 0.3 is 0 Å². The molecule has 0 aliphatic carbocycles. The van der Waals surface area contributed by atoms with Crippen molar-refractivity contribution in [3.63, 3.8) is 0 Å². The van der Waals surface area contributed by atoms with E-state index in [9.17, 15) is 0 Å². The van der Waals surface area contributed by atoms with E-state index in [2.05, 4.69) is 192 Å². The predicted molar refractivity (Wildman–Crippen MR) is 251 cm³/mol. The Balaban J connectivity index is 0.000000667.